The summed E-state index contributed by atoms with van der Waals surface area (Å²) in [5.41, 5.74) is 0.909. The number of hydrogen-bond donors (Lipinski definition) is 3. The van der Waals surface area contributed by atoms with E-state index in [1.54, 1.807) is 37.3 Å². The van der Waals surface area contributed by atoms with E-state index < -0.39 is 18.5 Å². The van der Waals surface area contributed by atoms with Crippen molar-refractivity contribution >= 4 is 17.5 Å². The molecule has 0 aliphatic heterocycles. The largest absolute Gasteiger partial charge is 0.324 e. The van der Waals surface area contributed by atoms with Crippen LogP contribution in [-0.4, -0.2) is 32.2 Å². The summed E-state index contributed by atoms with van der Waals surface area (Å²) in [5, 5.41) is 11.5. The molecule has 130 valence electrons. The Bertz CT molecular complexity index is 829. The number of carbonyl (C=O) groups is 1. The van der Waals surface area contributed by atoms with Gasteiger partial charge < -0.3 is 9.88 Å². The van der Waals surface area contributed by atoms with Crippen molar-refractivity contribution in [2.45, 2.75) is 19.4 Å². The molecule has 7 nitrogen and oxygen atoms in total. The van der Waals surface area contributed by atoms with Gasteiger partial charge in [-0.25, -0.2) is 18.6 Å². The number of alkyl halides is 2. The van der Waals surface area contributed by atoms with Crippen LogP contribution in [0.3, 0.4) is 0 Å². The Balaban J connectivity index is 1.72. The van der Waals surface area contributed by atoms with Gasteiger partial charge in [0.05, 0.1) is 6.20 Å². The molecule has 1 aromatic carbocycles. The van der Waals surface area contributed by atoms with E-state index in [-0.39, 0.29) is 0 Å². The monoisotopic (exact) mass is 346 g/mol. The normalized spacial score (nSPS) is 12.2. The van der Waals surface area contributed by atoms with Crippen molar-refractivity contribution in [2.75, 3.05) is 10.6 Å². The van der Waals surface area contributed by atoms with Gasteiger partial charge in [0.15, 0.2) is 0 Å². The van der Waals surface area contributed by atoms with E-state index in [9.17, 15) is 13.6 Å². The number of urea groups is 1. The fraction of sp³-hybridized carbons (Fsp3) is 0.188. The number of aryl methyl sites for hydroxylation is 1. The third kappa shape index (κ3) is 3.82. The zero-order chi connectivity index (χ0) is 17.8. The predicted molar refractivity (Wildman–Crippen MR) is 88.8 cm³/mol. The molecule has 0 spiro atoms. The standard InChI is InChI=1S/C16H16F2N6O/c1-10-19-8-9-24(10)14(15(17)18)11-2-4-12(5-3-11)21-16(25)22-13-6-7-20-23-13/h2-9,14-15H,1H3,(H3,20,21,22,23,25)/t14-/m0/s1. The minimum Gasteiger partial charge on any atom is -0.322 e. The number of nitrogens with one attached hydrogen (secondary N) is 3. The zero-order valence-corrected chi connectivity index (χ0v) is 13.3. The fourth-order valence-electron chi connectivity index (χ4n) is 2.48. The Labute approximate surface area is 142 Å². The number of amides is 2. The third-order valence-corrected chi connectivity index (χ3v) is 3.66. The second kappa shape index (κ2) is 7.12. The van der Waals surface area contributed by atoms with Gasteiger partial charge in [-0.05, 0) is 24.6 Å². The molecule has 3 N–H and O–H groups in total. The van der Waals surface area contributed by atoms with E-state index in [1.807, 2.05) is 0 Å². The van der Waals surface area contributed by atoms with Crippen LogP contribution in [0.2, 0.25) is 0 Å². The molecular formula is C16H16F2N6O. The first-order valence-electron chi connectivity index (χ1n) is 7.49. The number of anilines is 2. The van der Waals surface area contributed by atoms with Crippen molar-refractivity contribution in [2.24, 2.45) is 0 Å². The molecule has 0 radical (unpaired) electrons. The van der Waals surface area contributed by atoms with Crippen LogP contribution in [0.25, 0.3) is 0 Å². The van der Waals surface area contributed by atoms with E-state index in [2.05, 4.69) is 25.8 Å². The van der Waals surface area contributed by atoms with Crippen molar-refractivity contribution in [3.05, 3.63) is 60.3 Å². The Kier molecular flexibility index (Phi) is 4.73. The SMILES string of the molecule is Cc1nccn1[C@@H](c1ccc(NC(=O)Nc2ccn[nH]2)cc1)C(F)F. The van der Waals surface area contributed by atoms with E-state index in [0.717, 1.165) is 0 Å². The van der Waals surface area contributed by atoms with Gasteiger partial charge in [0.1, 0.15) is 17.7 Å². The Morgan fingerprint density at radius 3 is 2.48 bits per heavy atom. The molecular weight excluding hydrogens is 330 g/mol. The molecule has 0 bridgehead atoms. The van der Waals surface area contributed by atoms with Crippen LogP contribution in [-0.2, 0) is 0 Å². The van der Waals surface area contributed by atoms with E-state index in [1.165, 1.54) is 23.2 Å². The number of carbonyl (C=O) groups excluding carboxylic acids is 1. The first kappa shape index (κ1) is 16.6. The summed E-state index contributed by atoms with van der Waals surface area (Å²) in [4.78, 5) is 15.8. The molecule has 0 fully saturated rings. The van der Waals surface area contributed by atoms with E-state index >= 15 is 0 Å². The predicted octanol–water partition coefficient (Wildman–Crippen LogP) is 3.41. The molecule has 9 heteroatoms. The third-order valence-electron chi connectivity index (χ3n) is 3.66. The van der Waals surface area contributed by atoms with Crippen LogP contribution in [0.5, 0.6) is 0 Å². The quantitative estimate of drug-likeness (QED) is 0.661. The average molecular weight is 346 g/mol. The Morgan fingerprint density at radius 1 is 1.16 bits per heavy atom. The number of halogens is 2. The number of nitrogens with zero attached hydrogens (tertiary/aromatic N) is 3. The van der Waals surface area contributed by atoms with Gasteiger partial charge in [-0.1, -0.05) is 12.1 Å². The van der Waals surface area contributed by atoms with Crippen molar-refractivity contribution in [3.63, 3.8) is 0 Å². The molecule has 1 atom stereocenters. The van der Waals surface area contributed by atoms with Gasteiger partial charge in [-0.2, -0.15) is 5.10 Å². The molecule has 3 rings (SSSR count). The summed E-state index contributed by atoms with van der Waals surface area (Å²) in [6.45, 7) is 1.67. The van der Waals surface area contributed by atoms with Gasteiger partial charge in [0.25, 0.3) is 6.43 Å². The molecule has 0 unspecified atom stereocenters. The van der Waals surface area contributed by atoms with Gasteiger partial charge in [-0.3, -0.25) is 10.4 Å². The fourth-order valence-corrected chi connectivity index (χ4v) is 2.48. The number of H-pyrrole nitrogens is 1. The number of aromatic amines is 1. The van der Waals surface area contributed by atoms with Gasteiger partial charge in [0, 0.05) is 24.1 Å². The van der Waals surface area contributed by atoms with Crippen LogP contribution in [0.4, 0.5) is 25.1 Å². The molecule has 25 heavy (non-hydrogen) atoms. The van der Waals surface area contributed by atoms with Crippen molar-refractivity contribution in [1.29, 1.82) is 0 Å². The lowest BCUT2D eigenvalue weighted by molar-refractivity contribution is 0.100. The summed E-state index contributed by atoms with van der Waals surface area (Å²) >= 11 is 0. The highest BCUT2D eigenvalue weighted by molar-refractivity contribution is 5.99. The van der Waals surface area contributed by atoms with Gasteiger partial charge in [0.2, 0.25) is 0 Å². The Hall–Kier alpha value is -3.23. The molecule has 2 aromatic heterocycles. The molecule has 0 aliphatic carbocycles. The minimum atomic E-state index is -2.59. The first-order valence-corrected chi connectivity index (χ1v) is 7.49. The lowest BCUT2D eigenvalue weighted by atomic mass is 10.1. The lowest BCUT2D eigenvalue weighted by Gasteiger charge is -2.20. The highest BCUT2D eigenvalue weighted by Gasteiger charge is 2.25. The molecule has 0 saturated heterocycles. The highest BCUT2D eigenvalue weighted by Crippen LogP contribution is 2.27. The van der Waals surface area contributed by atoms with Crippen molar-refractivity contribution < 1.29 is 13.6 Å². The molecule has 0 aliphatic rings. The second-order valence-electron chi connectivity index (χ2n) is 5.33. The van der Waals surface area contributed by atoms with Gasteiger partial charge >= 0.3 is 6.03 Å². The smallest absolute Gasteiger partial charge is 0.322 e. The van der Waals surface area contributed by atoms with E-state index in [4.69, 9.17) is 0 Å². The number of benzene rings is 1. The molecule has 2 heterocycles. The maximum Gasteiger partial charge on any atom is 0.324 e. The van der Waals surface area contributed by atoms with Crippen LogP contribution < -0.4 is 10.6 Å². The molecule has 3 aromatic rings. The molecule has 0 saturated carbocycles. The summed E-state index contributed by atoms with van der Waals surface area (Å²) in [5.74, 6) is 0.953. The van der Waals surface area contributed by atoms with Crippen LogP contribution >= 0.6 is 0 Å². The summed E-state index contributed by atoms with van der Waals surface area (Å²) in [6.07, 6.45) is 1.93. The summed E-state index contributed by atoms with van der Waals surface area (Å²) in [6, 6.07) is 6.27. The second-order valence-corrected chi connectivity index (χ2v) is 5.33. The van der Waals surface area contributed by atoms with Gasteiger partial charge in [-0.15, -0.1) is 0 Å². The average Bonchev–Trinajstić information content (AvgIpc) is 3.21. The van der Waals surface area contributed by atoms with Crippen LogP contribution in [0.15, 0.2) is 48.9 Å². The summed E-state index contributed by atoms with van der Waals surface area (Å²) < 4.78 is 28.5. The highest BCUT2D eigenvalue weighted by atomic mass is 19.3. The van der Waals surface area contributed by atoms with Crippen molar-refractivity contribution in [3.8, 4) is 0 Å². The zero-order valence-electron chi connectivity index (χ0n) is 13.3. The Morgan fingerprint density at radius 2 is 1.92 bits per heavy atom. The van der Waals surface area contributed by atoms with E-state index in [0.29, 0.717) is 22.9 Å². The maximum atomic E-state index is 13.5. The number of rotatable bonds is 5. The lowest BCUT2D eigenvalue weighted by Crippen LogP contribution is -2.21. The number of imidazole rings is 1. The summed E-state index contributed by atoms with van der Waals surface area (Å²) in [7, 11) is 0. The molecule has 2 amide bonds. The number of aromatic nitrogens is 4. The maximum absolute atomic E-state index is 13.5. The first-order chi connectivity index (χ1) is 12.0. The minimum absolute atomic E-state index is 0.427. The van der Waals surface area contributed by atoms with Crippen molar-refractivity contribution in [1.82, 2.24) is 19.7 Å². The van der Waals surface area contributed by atoms with Crippen LogP contribution in [0.1, 0.15) is 17.4 Å². The number of hydrogen-bond acceptors (Lipinski definition) is 3. The topological polar surface area (TPSA) is 87.6 Å². The van der Waals surface area contributed by atoms with Crippen LogP contribution in [0, 0.1) is 6.92 Å².